The Kier molecular flexibility index (Phi) is 54.3. The van der Waals surface area contributed by atoms with Crippen molar-refractivity contribution in [1.82, 2.24) is 0 Å². The summed E-state index contributed by atoms with van der Waals surface area (Å²) in [6.07, 6.45) is 74.2. The number of unbranched alkanes of at least 4 members (excludes halogenated alkanes) is 27. The highest BCUT2D eigenvalue weighted by Crippen LogP contribution is 2.15. The first-order valence-corrected chi connectivity index (χ1v) is 29.1. The lowest BCUT2D eigenvalue weighted by Gasteiger charge is -2.18. The van der Waals surface area contributed by atoms with Crippen molar-refractivity contribution in [3.05, 3.63) is 85.1 Å². The molecule has 6 heteroatoms. The molecule has 0 bridgehead atoms. The molecule has 6 nitrogen and oxygen atoms in total. The van der Waals surface area contributed by atoms with E-state index in [2.05, 4.69) is 106 Å². The van der Waals surface area contributed by atoms with E-state index in [1.54, 1.807) is 0 Å². The predicted octanol–water partition coefficient (Wildman–Crippen LogP) is 19.5. The second-order valence-corrected chi connectivity index (χ2v) is 19.2. The van der Waals surface area contributed by atoms with E-state index in [-0.39, 0.29) is 31.1 Å². The number of ether oxygens (including phenoxy) is 3. The van der Waals surface area contributed by atoms with Crippen molar-refractivity contribution in [3.8, 4) is 0 Å². The Bertz CT molecular complexity index is 1330. The highest BCUT2D eigenvalue weighted by Gasteiger charge is 2.19. The Balaban J connectivity index is 4.44. The number of allylic oxidation sites excluding steroid dienone is 14. The normalized spacial score (nSPS) is 12.7. The number of hydrogen-bond acceptors (Lipinski definition) is 6. The largest absolute Gasteiger partial charge is 0.462 e. The van der Waals surface area contributed by atoms with E-state index in [9.17, 15) is 14.4 Å². The second kappa shape index (κ2) is 57.2. The number of rotatable bonds is 52. The molecule has 0 aromatic heterocycles. The van der Waals surface area contributed by atoms with Crippen LogP contribution in [0.25, 0.3) is 0 Å². The van der Waals surface area contributed by atoms with Crippen molar-refractivity contribution in [3.63, 3.8) is 0 Å². The average Bonchev–Trinajstić information content (AvgIpc) is 3.35. The first-order valence-electron chi connectivity index (χ1n) is 29.1. The van der Waals surface area contributed by atoms with Gasteiger partial charge in [0.2, 0.25) is 0 Å². The molecule has 0 saturated heterocycles. The van der Waals surface area contributed by atoms with Crippen LogP contribution in [0.5, 0.6) is 0 Å². The molecule has 0 heterocycles. The molecule has 0 rings (SSSR count). The third-order valence-corrected chi connectivity index (χ3v) is 12.4. The minimum absolute atomic E-state index is 0.0902. The summed E-state index contributed by atoms with van der Waals surface area (Å²) in [6, 6.07) is 0. The monoisotopic (exact) mass is 961 g/mol. The topological polar surface area (TPSA) is 78.9 Å². The van der Waals surface area contributed by atoms with Crippen LogP contribution in [-0.4, -0.2) is 37.2 Å². The summed E-state index contributed by atoms with van der Waals surface area (Å²) in [5.74, 6) is -0.920. The van der Waals surface area contributed by atoms with Crippen LogP contribution in [0.1, 0.15) is 278 Å². The predicted molar refractivity (Wildman–Crippen MR) is 297 cm³/mol. The van der Waals surface area contributed by atoms with Gasteiger partial charge in [-0.05, 0) is 116 Å². The number of hydrogen-bond donors (Lipinski definition) is 0. The van der Waals surface area contributed by atoms with Crippen LogP contribution >= 0.6 is 0 Å². The lowest BCUT2D eigenvalue weighted by atomic mass is 10.1. The molecular weight excluding hydrogens is 853 g/mol. The number of esters is 3. The molecule has 0 saturated carbocycles. The fourth-order valence-electron chi connectivity index (χ4n) is 7.99. The highest BCUT2D eigenvalue weighted by atomic mass is 16.6. The van der Waals surface area contributed by atoms with E-state index < -0.39 is 6.10 Å². The summed E-state index contributed by atoms with van der Waals surface area (Å²) in [5.41, 5.74) is 0. The molecule has 0 unspecified atom stereocenters. The van der Waals surface area contributed by atoms with Gasteiger partial charge in [-0.3, -0.25) is 14.4 Å². The Morgan fingerprint density at radius 2 is 0.565 bits per heavy atom. The van der Waals surface area contributed by atoms with Crippen molar-refractivity contribution >= 4 is 17.9 Å². The van der Waals surface area contributed by atoms with E-state index in [1.165, 1.54) is 128 Å². The van der Waals surface area contributed by atoms with Crippen LogP contribution in [0.4, 0.5) is 0 Å². The highest BCUT2D eigenvalue weighted by molar-refractivity contribution is 5.71. The van der Waals surface area contributed by atoms with Crippen molar-refractivity contribution in [2.45, 2.75) is 284 Å². The molecule has 0 aliphatic rings. The summed E-state index contributed by atoms with van der Waals surface area (Å²) in [7, 11) is 0. The fraction of sp³-hybridized carbons (Fsp3) is 0.730. The lowest BCUT2D eigenvalue weighted by molar-refractivity contribution is -0.167. The van der Waals surface area contributed by atoms with Crippen LogP contribution in [0.2, 0.25) is 0 Å². The molecule has 0 fully saturated rings. The van der Waals surface area contributed by atoms with Gasteiger partial charge in [-0.1, -0.05) is 228 Å². The van der Waals surface area contributed by atoms with Crippen molar-refractivity contribution < 1.29 is 28.6 Å². The molecule has 0 aromatic rings. The Morgan fingerprint density at radius 3 is 0.928 bits per heavy atom. The standard InChI is InChI=1S/C63H108O6/c1-4-7-10-13-16-19-22-25-28-30-31-33-36-39-42-45-48-51-54-57-63(66)69-60(58-67-61(64)55-52-49-46-43-40-37-34-27-24-21-18-15-12-9-6-3)59-68-62(65)56-53-50-47-44-41-38-35-32-29-26-23-20-17-14-11-8-5-2/h8,11,16-17,19-20,25-29,34-35,38,60H,4-7,9-10,12-15,18,21-24,30-33,36-37,39-59H2,1-3H3/b11-8-,19-16-,20-17-,28-25-,29-26-,34-27-,38-35-/t60-/m0/s1. The molecule has 0 aliphatic carbocycles. The first-order chi connectivity index (χ1) is 34.0. The van der Waals surface area contributed by atoms with Gasteiger partial charge in [-0.2, -0.15) is 0 Å². The molecule has 0 radical (unpaired) electrons. The molecule has 0 spiro atoms. The van der Waals surface area contributed by atoms with E-state index in [4.69, 9.17) is 14.2 Å². The fourth-order valence-corrected chi connectivity index (χ4v) is 7.99. The Labute approximate surface area is 426 Å². The van der Waals surface area contributed by atoms with Crippen LogP contribution in [0, 0.1) is 0 Å². The Hall–Kier alpha value is -3.41. The molecule has 0 aromatic carbocycles. The minimum atomic E-state index is -0.793. The molecule has 0 aliphatic heterocycles. The summed E-state index contributed by atoms with van der Waals surface area (Å²) < 4.78 is 16.9. The van der Waals surface area contributed by atoms with E-state index in [0.717, 1.165) is 109 Å². The van der Waals surface area contributed by atoms with Gasteiger partial charge in [0.1, 0.15) is 13.2 Å². The summed E-state index contributed by atoms with van der Waals surface area (Å²) in [4.78, 5) is 38.2. The zero-order valence-corrected chi connectivity index (χ0v) is 45.3. The molecule has 69 heavy (non-hydrogen) atoms. The SMILES string of the molecule is CC/C=C\C/C=C\C/C=C\C/C=C\CCCCCCC(=O)OC[C@H](COC(=O)CCCCCCC/C=C\CCCCCCCC)OC(=O)CCCCCCCCCCC/C=C\C/C=C\CCCCC. The lowest BCUT2D eigenvalue weighted by Crippen LogP contribution is -2.30. The third-order valence-electron chi connectivity index (χ3n) is 12.4. The van der Waals surface area contributed by atoms with E-state index in [0.29, 0.717) is 19.3 Å². The van der Waals surface area contributed by atoms with E-state index >= 15 is 0 Å². The minimum Gasteiger partial charge on any atom is -0.462 e. The Morgan fingerprint density at radius 1 is 0.304 bits per heavy atom. The summed E-state index contributed by atoms with van der Waals surface area (Å²) in [6.45, 7) is 6.48. The van der Waals surface area contributed by atoms with Crippen molar-refractivity contribution in [2.75, 3.05) is 13.2 Å². The molecule has 0 N–H and O–H groups in total. The van der Waals surface area contributed by atoms with Crippen LogP contribution in [0.15, 0.2) is 85.1 Å². The van der Waals surface area contributed by atoms with Gasteiger partial charge >= 0.3 is 17.9 Å². The number of carbonyl (C=O) groups excluding carboxylic acids is 3. The quantitative estimate of drug-likeness (QED) is 0.0262. The van der Waals surface area contributed by atoms with Gasteiger partial charge < -0.3 is 14.2 Å². The van der Waals surface area contributed by atoms with Gasteiger partial charge in [-0.15, -0.1) is 0 Å². The summed E-state index contributed by atoms with van der Waals surface area (Å²) in [5, 5.41) is 0. The maximum Gasteiger partial charge on any atom is 0.306 e. The van der Waals surface area contributed by atoms with Gasteiger partial charge in [0.15, 0.2) is 6.10 Å². The van der Waals surface area contributed by atoms with Crippen LogP contribution < -0.4 is 0 Å². The molecule has 0 amide bonds. The van der Waals surface area contributed by atoms with E-state index in [1.807, 2.05) is 0 Å². The number of carbonyl (C=O) groups is 3. The van der Waals surface area contributed by atoms with Crippen LogP contribution in [-0.2, 0) is 28.6 Å². The molecule has 396 valence electrons. The van der Waals surface area contributed by atoms with Crippen molar-refractivity contribution in [1.29, 1.82) is 0 Å². The van der Waals surface area contributed by atoms with Crippen molar-refractivity contribution in [2.24, 2.45) is 0 Å². The van der Waals surface area contributed by atoms with Gasteiger partial charge in [0.05, 0.1) is 0 Å². The molecule has 1 atom stereocenters. The first kappa shape index (κ1) is 65.6. The maximum atomic E-state index is 12.9. The molecular formula is C63H108O6. The zero-order chi connectivity index (χ0) is 50.0. The van der Waals surface area contributed by atoms with Gasteiger partial charge in [0, 0.05) is 19.3 Å². The smallest absolute Gasteiger partial charge is 0.306 e. The van der Waals surface area contributed by atoms with Gasteiger partial charge in [0.25, 0.3) is 0 Å². The van der Waals surface area contributed by atoms with Gasteiger partial charge in [-0.25, -0.2) is 0 Å². The van der Waals surface area contributed by atoms with Crippen LogP contribution in [0.3, 0.4) is 0 Å². The average molecular weight is 962 g/mol. The maximum absolute atomic E-state index is 12.9. The zero-order valence-electron chi connectivity index (χ0n) is 45.3. The second-order valence-electron chi connectivity index (χ2n) is 19.2. The third kappa shape index (κ3) is 55.4. The summed E-state index contributed by atoms with van der Waals surface area (Å²) >= 11 is 0.